The minimum absolute atomic E-state index is 0.0143. The zero-order valence-electron chi connectivity index (χ0n) is 11.2. The molecule has 0 aromatic heterocycles. The average molecular weight is 240 g/mol. The lowest BCUT2D eigenvalue weighted by atomic mass is 10.0. The van der Waals surface area contributed by atoms with E-state index in [-0.39, 0.29) is 23.9 Å². The zero-order chi connectivity index (χ0) is 12.8. The highest BCUT2D eigenvalue weighted by molar-refractivity contribution is 5.96. The minimum Gasteiger partial charge on any atom is -0.343 e. The number of unbranched alkanes of at least 4 members (excludes halogenated alkanes) is 2. The highest BCUT2D eigenvalue weighted by Gasteiger charge is 2.36. The van der Waals surface area contributed by atoms with Gasteiger partial charge in [-0.25, -0.2) is 0 Å². The fourth-order valence-corrected chi connectivity index (χ4v) is 2.21. The molecule has 1 fully saturated rings. The van der Waals surface area contributed by atoms with Crippen LogP contribution < -0.4 is 5.32 Å². The number of nitrogens with zero attached hydrogens (tertiary/aromatic N) is 1. The van der Waals surface area contributed by atoms with E-state index in [1.54, 1.807) is 11.8 Å². The Morgan fingerprint density at radius 1 is 1.18 bits per heavy atom. The van der Waals surface area contributed by atoms with E-state index >= 15 is 0 Å². The van der Waals surface area contributed by atoms with Gasteiger partial charge in [-0.15, -0.1) is 0 Å². The quantitative estimate of drug-likeness (QED) is 0.718. The predicted molar refractivity (Wildman–Crippen MR) is 67.5 cm³/mol. The van der Waals surface area contributed by atoms with Gasteiger partial charge in [-0.2, -0.15) is 0 Å². The molecule has 2 amide bonds. The molecule has 1 heterocycles. The second kappa shape index (κ2) is 6.62. The lowest BCUT2D eigenvalue weighted by Crippen LogP contribution is -2.62. The van der Waals surface area contributed by atoms with Crippen LogP contribution in [0.1, 0.15) is 52.9 Å². The van der Waals surface area contributed by atoms with Gasteiger partial charge >= 0.3 is 0 Å². The summed E-state index contributed by atoms with van der Waals surface area (Å²) in [5.74, 6) is 0.0783. The summed E-state index contributed by atoms with van der Waals surface area (Å²) < 4.78 is 0. The normalized spacial score (nSPS) is 25.0. The molecule has 0 aromatic carbocycles. The lowest BCUT2D eigenvalue weighted by Gasteiger charge is -2.37. The number of piperazine rings is 1. The summed E-state index contributed by atoms with van der Waals surface area (Å²) >= 11 is 0. The van der Waals surface area contributed by atoms with E-state index in [0.717, 1.165) is 32.1 Å². The first-order valence-corrected chi connectivity index (χ1v) is 6.72. The van der Waals surface area contributed by atoms with Crippen LogP contribution in [0.2, 0.25) is 0 Å². The smallest absolute Gasteiger partial charge is 0.245 e. The van der Waals surface area contributed by atoms with Crippen molar-refractivity contribution in [2.45, 2.75) is 65.0 Å². The molecule has 0 saturated carbocycles. The first-order chi connectivity index (χ1) is 8.11. The standard InChI is InChI=1S/C13H24N2O2/c1-4-6-7-9-15-10(3)12(16)14-11(8-5-2)13(15)17/h10-11H,4-9H2,1-3H3,(H,14,16). The highest BCUT2D eigenvalue weighted by atomic mass is 16.2. The third kappa shape index (κ3) is 3.45. The molecule has 1 saturated heterocycles. The van der Waals surface area contributed by atoms with Gasteiger partial charge < -0.3 is 10.2 Å². The van der Waals surface area contributed by atoms with Crippen molar-refractivity contribution in [3.8, 4) is 0 Å². The maximum atomic E-state index is 12.2. The molecule has 0 aromatic rings. The molecular formula is C13H24N2O2. The molecule has 4 nitrogen and oxygen atoms in total. The van der Waals surface area contributed by atoms with Gasteiger partial charge in [0.15, 0.2) is 0 Å². The van der Waals surface area contributed by atoms with Gasteiger partial charge in [0.2, 0.25) is 11.8 Å². The molecule has 0 bridgehead atoms. The van der Waals surface area contributed by atoms with Crippen molar-refractivity contribution in [2.75, 3.05) is 6.54 Å². The molecule has 0 radical (unpaired) electrons. The van der Waals surface area contributed by atoms with E-state index in [1.807, 2.05) is 6.92 Å². The third-order valence-electron chi connectivity index (χ3n) is 3.32. The molecule has 0 spiro atoms. The molecule has 1 rings (SSSR count). The van der Waals surface area contributed by atoms with Crippen molar-refractivity contribution in [3.05, 3.63) is 0 Å². The first kappa shape index (κ1) is 14.0. The van der Waals surface area contributed by atoms with Crippen LogP contribution in [0.15, 0.2) is 0 Å². The van der Waals surface area contributed by atoms with Gasteiger partial charge in [-0.1, -0.05) is 33.1 Å². The molecule has 2 unspecified atom stereocenters. The van der Waals surface area contributed by atoms with Crippen molar-refractivity contribution < 1.29 is 9.59 Å². The van der Waals surface area contributed by atoms with Gasteiger partial charge in [-0.3, -0.25) is 9.59 Å². The summed E-state index contributed by atoms with van der Waals surface area (Å²) in [7, 11) is 0. The number of hydrogen-bond acceptors (Lipinski definition) is 2. The molecule has 1 aliphatic heterocycles. The maximum Gasteiger partial charge on any atom is 0.245 e. The lowest BCUT2D eigenvalue weighted by molar-refractivity contribution is -0.148. The number of rotatable bonds is 6. The van der Waals surface area contributed by atoms with Crippen LogP contribution in [-0.2, 0) is 9.59 Å². The van der Waals surface area contributed by atoms with Crippen LogP contribution in [0.25, 0.3) is 0 Å². The fraction of sp³-hybridized carbons (Fsp3) is 0.846. The van der Waals surface area contributed by atoms with Crippen LogP contribution in [0.3, 0.4) is 0 Å². The van der Waals surface area contributed by atoms with Gasteiger partial charge in [0.1, 0.15) is 12.1 Å². The summed E-state index contributed by atoms with van der Waals surface area (Å²) in [4.78, 5) is 25.7. The van der Waals surface area contributed by atoms with E-state index < -0.39 is 0 Å². The summed E-state index contributed by atoms with van der Waals surface area (Å²) in [6, 6.07) is -0.613. The topological polar surface area (TPSA) is 49.4 Å². The third-order valence-corrected chi connectivity index (χ3v) is 3.32. The van der Waals surface area contributed by atoms with E-state index in [9.17, 15) is 9.59 Å². The molecule has 0 aliphatic carbocycles. The Kier molecular flexibility index (Phi) is 5.45. The number of carbonyl (C=O) groups is 2. The molecule has 2 atom stereocenters. The van der Waals surface area contributed by atoms with Gasteiger partial charge in [0, 0.05) is 6.54 Å². The number of amides is 2. The van der Waals surface area contributed by atoms with Crippen molar-refractivity contribution in [3.63, 3.8) is 0 Å². The molecule has 98 valence electrons. The number of hydrogen-bond donors (Lipinski definition) is 1. The summed E-state index contributed by atoms with van der Waals surface area (Å²) in [5.41, 5.74) is 0. The van der Waals surface area contributed by atoms with Crippen LogP contribution in [0.4, 0.5) is 0 Å². The second-order valence-corrected chi connectivity index (χ2v) is 4.76. The van der Waals surface area contributed by atoms with Crippen molar-refractivity contribution in [2.24, 2.45) is 0 Å². The maximum absolute atomic E-state index is 12.2. The monoisotopic (exact) mass is 240 g/mol. The molecule has 1 N–H and O–H groups in total. The second-order valence-electron chi connectivity index (χ2n) is 4.76. The van der Waals surface area contributed by atoms with E-state index in [0.29, 0.717) is 6.54 Å². The Labute approximate surface area is 104 Å². The van der Waals surface area contributed by atoms with E-state index in [1.165, 1.54) is 0 Å². The highest BCUT2D eigenvalue weighted by Crippen LogP contribution is 2.14. The summed E-state index contributed by atoms with van der Waals surface area (Å²) in [5, 5.41) is 2.81. The Bertz CT molecular complexity index is 279. The minimum atomic E-state index is -0.313. The Morgan fingerprint density at radius 2 is 1.88 bits per heavy atom. The molecular weight excluding hydrogens is 216 g/mol. The van der Waals surface area contributed by atoms with Crippen molar-refractivity contribution in [1.82, 2.24) is 10.2 Å². The van der Waals surface area contributed by atoms with Crippen molar-refractivity contribution in [1.29, 1.82) is 0 Å². The first-order valence-electron chi connectivity index (χ1n) is 6.72. The van der Waals surface area contributed by atoms with Crippen LogP contribution >= 0.6 is 0 Å². The Hall–Kier alpha value is -1.06. The SMILES string of the molecule is CCCCCN1C(=O)C(CCC)NC(=O)C1C. The van der Waals surface area contributed by atoms with Crippen LogP contribution in [-0.4, -0.2) is 35.3 Å². The molecule has 4 heteroatoms. The predicted octanol–water partition coefficient (Wildman–Crippen LogP) is 1.69. The number of carbonyl (C=O) groups excluding carboxylic acids is 2. The van der Waals surface area contributed by atoms with E-state index in [4.69, 9.17) is 0 Å². The average Bonchev–Trinajstić information content (AvgIpc) is 2.31. The van der Waals surface area contributed by atoms with Crippen molar-refractivity contribution >= 4 is 11.8 Å². The summed E-state index contributed by atoms with van der Waals surface area (Å²) in [6.07, 6.45) is 4.87. The number of nitrogens with one attached hydrogen (secondary N) is 1. The Balaban J connectivity index is 2.63. The van der Waals surface area contributed by atoms with Crippen LogP contribution in [0.5, 0.6) is 0 Å². The Morgan fingerprint density at radius 3 is 2.47 bits per heavy atom. The van der Waals surface area contributed by atoms with Gasteiger partial charge in [0.05, 0.1) is 0 Å². The zero-order valence-corrected chi connectivity index (χ0v) is 11.2. The van der Waals surface area contributed by atoms with Gasteiger partial charge in [0.25, 0.3) is 0 Å². The fourth-order valence-electron chi connectivity index (χ4n) is 2.21. The molecule has 17 heavy (non-hydrogen) atoms. The van der Waals surface area contributed by atoms with E-state index in [2.05, 4.69) is 12.2 Å². The molecule has 1 aliphatic rings. The summed E-state index contributed by atoms with van der Waals surface area (Å²) in [6.45, 7) is 6.68. The van der Waals surface area contributed by atoms with Gasteiger partial charge in [-0.05, 0) is 19.8 Å². The van der Waals surface area contributed by atoms with Crippen LogP contribution in [0, 0.1) is 0 Å². The largest absolute Gasteiger partial charge is 0.343 e.